The minimum atomic E-state index is -0.270. The molecule has 0 saturated carbocycles. The van der Waals surface area contributed by atoms with Gasteiger partial charge in [-0.25, -0.2) is 5.43 Å². The number of hydrazone groups is 1. The first kappa shape index (κ1) is 17.3. The second-order valence-corrected chi connectivity index (χ2v) is 4.28. The normalized spacial score (nSPS) is 10.0. The Bertz CT molecular complexity index is 647. The quantitative estimate of drug-likeness (QED) is 0.385. The smallest absolute Gasteiger partial charge is 0.206 e. The van der Waals surface area contributed by atoms with E-state index in [4.69, 9.17) is 15.9 Å². The monoisotopic (exact) mass is 320 g/mol. The van der Waals surface area contributed by atoms with Crippen LogP contribution in [0.5, 0.6) is 11.5 Å². The molecule has 116 valence electrons. The molecule has 0 saturated heterocycles. The molecule has 0 bridgehead atoms. The molecule has 5 N–H and O–H groups in total. The highest BCUT2D eigenvalue weighted by Gasteiger charge is 2.02. The highest BCUT2D eigenvalue weighted by molar-refractivity contribution is 5.85. The molecule has 7 heteroatoms. The van der Waals surface area contributed by atoms with Crippen molar-refractivity contribution in [3.8, 4) is 11.5 Å². The molecule has 0 aliphatic rings. The van der Waals surface area contributed by atoms with Gasteiger partial charge in [-0.05, 0) is 17.7 Å². The van der Waals surface area contributed by atoms with Crippen molar-refractivity contribution in [2.24, 2.45) is 10.8 Å². The molecule has 0 radical (unpaired) electrons. The molecule has 0 fully saturated rings. The third-order valence-corrected chi connectivity index (χ3v) is 2.64. The first-order valence-corrected chi connectivity index (χ1v) is 6.28. The van der Waals surface area contributed by atoms with Crippen molar-refractivity contribution in [1.29, 1.82) is 5.41 Å². The van der Waals surface area contributed by atoms with Gasteiger partial charge in [-0.2, -0.15) is 5.10 Å². The van der Waals surface area contributed by atoms with Crippen molar-refractivity contribution < 1.29 is 9.84 Å². The van der Waals surface area contributed by atoms with Crippen LogP contribution in [0, 0.1) is 5.41 Å². The third kappa shape index (κ3) is 5.34. The summed E-state index contributed by atoms with van der Waals surface area (Å²) in [5, 5.41) is 20.5. The predicted molar refractivity (Wildman–Crippen MR) is 88.8 cm³/mol. The van der Waals surface area contributed by atoms with Crippen LogP contribution in [0.15, 0.2) is 53.6 Å². The van der Waals surface area contributed by atoms with Crippen LogP contribution in [0.3, 0.4) is 0 Å². The topological polar surface area (TPSA) is 104 Å². The number of hydrogen-bond donors (Lipinski definition) is 4. The van der Waals surface area contributed by atoms with E-state index in [0.29, 0.717) is 17.9 Å². The second kappa shape index (κ2) is 8.53. The summed E-state index contributed by atoms with van der Waals surface area (Å²) in [7, 11) is 0. The molecule has 2 rings (SSSR count). The maximum absolute atomic E-state index is 9.87. The molecule has 22 heavy (non-hydrogen) atoms. The number of phenols is 1. The van der Waals surface area contributed by atoms with Gasteiger partial charge in [0.25, 0.3) is 0 Å². The summed E-state index contributed by atoms with van der Waals surface area (Å²) >= 11 is 0. The highest BCUT2D eigenvalue weighted by Crippen LogP contribution is 2.23. The number of halogens is 1. The van der Waals surface area contributed by atoms with Gasteiger partial charge >= 0.3 is 0 Å². The van der Waals surface area contributed by atoms with Crippen LogP contribution in [-0.4, -0.2) is 17.3 Å². The molecule has 0 spiro atoms. The number of guanidine groups is 1. The molecule has 0 unspecified atom stereocenters. The largest absolute Gasteiger partial charge is 0.507 e. The number of nitrogens with two attached hydrogens (primary N) is 1. The van der Waals surface area contributed by atoms with Gasteiger partial charge in [-0.1, -0.05) is 30.3 Å². The molecule has 0 aliphatic carbocycles. The Labute approximate surface area is 134 Å². The Hall–Kier alpha value is -2.73. The highest BCUT2D eigenvalue weighted by atomic mass is 35.5. The fourth-order valence-electron chi connectivity index (χ4n) is 1.63. The number of benzene rings is 2. The molecular formula is C15H17ClN4O2. The van der Waals surface area contributed by atoms with Crippen LogP contribution in [-0.2, 0) is 6.61 Å². The average Bonchev–Trinajstić information content (AvgIpc) is 2.48. The maximum Gasteiger partial charge on any atom is 0.206 e. The van der Waals surface area contributed by atoms with Gasteiger partial charge in [0.1, 0.15) is 18.1 Å². The van der Waals surface area contributed by atoms with E-state index in [2.05, 4.69) is 10.5 Å². The van der Waals surface area contributed by atoms with Crippen LogP contribution in [0.1, 0.15) is 11.1 Å². The Morgan fingerprint density at radius 2 is 2.00 bits per heavy atom. The third-order valence-electron chi connectivity index (χ3n) is 2.64. The standard InChI is InChI=1S/C15H16N4O2.ClH/c16-15(17)19-18-9-12-6-7-13(8-14(12)20)21-10-11-4-2-1-3-5-11;/h1-9,20H,10H2,(H4,16,17,19);1H/b18-9+;. The molecule has 0 aromatic heterocycles. The van der Waals surface area contributed by atoms with Crippen LogP contribution < -0.4 is 15.9 Å². The molecule has 0 amide bonds. The first-order chi connectivity index (χ1) is 10.1. The van der Waals surface area contributed by atoms with E-state index in [1.165, 1.54) is 12.3 Å². The van der Waals surface area contributed by atoms with Gasteiger partial charge in [-0.15, -0.1) is 12.4 Å². The van der Waals surface area contributed by atoms with Crippen molar-refractivity contribution >= 4 is 24.6 Å². The fourth-order valence-corrected chi connectivity index (χ4v) is 1.63. The van der Waals surface area contributed by atoms with Crippen LogP contribution >= 0.6 is 12.4 Å². The van der Waals surface area contributed by atoms with Crippen molar-refractivity contribution in [3.05, 3.63) is 59.7 Å². The summed E-state index contributed by atoms with van der Waals surface area (Å²) in [6, 6.07) is 14.7. The number of hydrogen-bond acceptors (Lipinski definition) is 4. The lowest BCUT2D eigenvalue weighted by atomic mass is 10.2. The van der Waals surface area contributed by atoms with Gasteiger partial charge in [-0.3, -0.25) is 5.41 Å². The zero-order chi connectivity index (χ0) is 15.1. The lowest BCUT2D eigenvalue weighted by molar-refractivity contribution is 0.304. The minimum absolute atomic E-state index is 0. The first-order valence-electron chi connectivity index (χ1n) is 6.28. The summed E-state index contributed by atoms with van der Waals surface area (Å²) in [5.74, 6) is 0.330. The summed E-state index contributed by atoms with van der Waals surface area (Å²) in [6.07, 6.45) is 1.37. The SMILES string of the molecule is Cl.N=C(N)N/N=C/c1ccc(OCc2ccccc2)cc1O. The molecule has 2 aromatic carbocycles. The van der Waals surface area contributed by atoms with Crippen LogP contribution in [0.25, 0.3) is 0 Å². The lowest BCUT2D eigenvalue weighted by Crippen LogP contribution is -2.25. The zero-order valence-electron chi connectivity index (χ0n) is 11.7. The van der Waals surface area contributed by atoms with Crippen molar-refractivity contribution in [3.63, 3.8) is 0 Å². The van der Waals surface area contributed by atoms with E-state index in [9.17, 15) is 5.11 Å². The van der Waals surface area contributed by atoms with Crippen molar-refractivity contribution in [1.82, 2.24) is 5.43 Å². The Kier molecular flexibility index (Phi) is 6.72. The lowest BCUT2D eigenvalue weighted by Gasteiger charge is -2.07. The number of phenolic OH excluding ortho intramolecular Hbond substituents is 1. The minimum Gasteiger partial charge on any atom is -0.507 e. The fraction of sp³-hybridized carbons (Fsp3) is 0.0667. The molecule has 0 atom stereocenters. The average molecular weight is 321 g/mol. The zero-order valence-corrected chi connectivity index (χ0v) is 12.5. The van der Waals surface area contributed by atoms with Crippen LogP contribution in [0.4, 0.5) is 0 Å². The van der Waals surface area contributed by atoms with Gasteiger partial charge in [0.05, 0.1) is 6.21 Å². The van der Waals surface area contributed by atoms with E-state index in [1.807, 2.05) is 30.3 Å². The van der Waals surface area contributed by atoms with Gasteiger partial charge in [0.15, 0.2) is 0 Å². The van der Waals surface area contributed by atoms with E-state index < -0.39 is 0 Å². The Balaban J connectivity index is 0.00000242. The summed E-state index contributed by atoms with van der Waals surface area (Å²) in [5.41, 5.74) is 8.91. The summed E-state index contributed by atoms with van der Waals surface area (Å²) < 4.78 is 5.60. The van der Waals surface area contributed by atoms with E-state index in [-0.39, 0.29) is 24.1 Å². The van der Waals surface area contributed by atoms with Crippen molar-refractivity contribution in [2.45, 2.75) is 6.61 Å². The van der Waals surface area contributed by atoms with E-state index >= 15 is 0 Å². The number of aromatic hydroxyl groups is 1. The summed E-state index contributed by atoms with van der Waals surface area (Å²) in [6.45, 7) is 0.430. The number of ether oxygens (including phenoxy) is 1. The van der Waals surface area contributed by atoms with Gasteiger partial charge < -0.3 is 15.6 Å². The van der Waals surface area contributed by atoms with Gasteiger partial charge in [0, 0.05) is 11.6 Å². The number of nitrogens with zero attached hydrogens (tertiary/aromatic N) is 1. The Morgan fingerprint density at radius 1 is 1.27 bits per heavy atom. The van der Waals surface area contributed by atoms with Crippen molar-refractivity contribution in [2.75, 3.05) is 0 Å². The van der Waals surface area contributed by atoms with Gasteiger partial charge in [0.2, 0.25) is 5.96 Å². The van der Waals surface area contributed by atoms with Crippen LogP contribution in [0.2, 0.25) is 0 Å². The molecule has 2 aromatic rings. The van der Waals surface area contributed by atoms with E-state index in [0.717, 1.165) is 5.56 Å². The molecule has 0 heterocycles. The summed E-state index contributed by atoms with van der Waals surface area (Å²) in [4.78, 5) is 0. The second-order valence-electron chi connectivity index (χ2n) is 4.28. The number of rotatable bonds is 5. The molecular weight excluding hydrogens is 304 g/mol. The Morgan fingerprint density at radius 3 is 2.64 bits per heavy atom. The molecule has 6 nitrogen and oxygen atoms in total. The van der Waals surface area contributed by atoms with E-state index in [1.54, 1.807) is 12.1 Å². The number of nitrogens with one attached hydrogen (secondary N) is 2. The molecule has 0 aliphatic heterocycles. The predicted octanol–water partition coefficient (Wildman–Crippen LogP) is 2.21. The maximum atomic E-state index is 9.87.